The molecule has 0 saturated carbocycles. The summed E-state index contributed by atoms with van der Waals surface area (Å²) in [6.07, 6.45) is -3.52. The van der Waals surface area contributed by atoms with Gasteiger partial charge in [-0.25, -0.2) is 9.59 Å². The number of carbonyl (C=O) groups is 4. The van der Waals surface area contributed by atoms with E-state index in [2.05, 4.69) is 0 Å². The van der Waals surface area contributed by atoms with Crippen LogP contribution in [0, 0.1) is 0 Å². The molecule has 0 fully saturated rings. The Kier molecular flexibility index (Phi) is 33.7. The predicted octanol–water partition coefficient (Wildman–Crippen LogP) is -7.30. The third-order valence-electron chi connectivity index (χ3n) is 1.64. The Hall–Kier alpha value is 1.35. The predicted molar refractivity (Wildman–Crippen MR) is 73.9 cm³/mol. The summed E-state index contributed by atoms with van der Waals surface area (Å²) in [6.45, 7) is 1.20. The van der Waals surface area contributed by atoms with E-state index >= 15 is 0 Å². The SMILES string of the molecule is CC(O)C(=O)O.Cl.O=C(O)CC(O)(CC(=O)O)C(=O)O.[Ca+2].[H-].[H-].[H-].[H-].[Na+].[Na+]. The number of halogens is 1. The zero-order chi connectivity index (χ0) is 15.8. The van der Waals surface area contributed by atoms with Crippen LogP contribution in [0.5, 0.6) is 0 Å². The molecule has 0 aliphatic carbocycles. The normalized spacial score (nSPS) is 9.70. The van der Waals surface area contributed by atoms with Crippen molar-refractivity contribution in [2.24, 2.45) is 0 Å². The van der Waals surface area contributed by atoms with Crippen molar-refractivity contribution in [2.75, 3.05) is 0 Å². The minimum atomic E-state index is -2.74. The van der Waals surface area contributed by atoms with Crippen LogP contribution < -0.4 is 59.1 Å². The number of rotatable bonds is 6. The van der Waals surface area contributed by atoms with E-state index in [0.29, 0.717) is 0 Å². The quantitative estimate of drug-likeness (QED) is 0.230. The molecule has 0 bridgehead atoms. The topological polar surface area (TPSA) is 190 Å². The molecule has 0 radical (unpaired) electrons. The van der Waals surface area contributed by atoms with Crippen molar-refractivity contribution in [1.29, 1.82) is 0 Å². The second-order valence-corrected chi connectivity index (χ2v) is 3.49. The maximum atomic E-state index is 10.3. The number of hydrogen-bond acceptors (Lipinski definition) is 6. The Balaban J connectivity index is -0.0000000233. The van der Waals surface area contributed by atoms with Crippen LogP contribution >= 0.6 is 12.4 Å². The number of carboxylic acid groups (broad SMARTS) is 4. The molecule has 0 aromatic heterocycles. The molecule has 0 spiro atoms. The van der Waals surface area contributed by atoms with Gasteiger partial charge in [-0.1, -0.05) is 0 Å². The van der Waals surface area contributed by atoms with E-state index in [1.165, 1.54) is 6.92 Å². The Labute approximate surface area is 217 Å². The number of aliphatic hydroxyl groups excluding tert-OH is 1. The van der Waals surface area contributed by atoms with E-state index in [-0.39, 0.29) is 115 Å². The molecule has 0 saturated heterocycles. The smallest absolute Gasteiger partial charge is 1.00 e. The standard InChI is InChI=1S/C6H8O7.C3H6O3.Ca.ClH.2Na.4H/c7-3(8)1-6(13,5(11)12)2-4(9)10;1-2(4)3(5)6;;;;;;;;/h13H,1-2H2,(H,7,8)(H,9,10)(H,11,12);2,4H,1H3,(H,5,6);;1H;;;;;;/q;;+2;;2*+1;4*-1. The van der Waals surface area contributed by atoms with Crippen LogP contribution in [0.4, 0.5) is 0 Å². The van der Waals surface area contributed by atoms with Gasteiger partial charge in [-0.2, -0.15) is 0 Å². The Morgan fingerprint density at radius 1 is 0.957 bits per heavy atom. The van der Waals surface area contributed by atoms with Gasteiger partial charge < -0.3 is 36.3 Å². The van der Waals surface area contributed by atoms with Gasteiger partial charge in [0, 0.05) is 0 Å². The molecule has 126 valence electrons. The average molecular weight is 409 g/mol. The number of carboxylic acids is 4. The van der Waals surface area contributed by atoms with Gasteiger partial charge >= 0.3 is 121 Å². The van der Waals surface area contributed by atoms with E-state index in [0.717, 1.165) is 0 Å². The fraction of sp³-hybridized carbons (Fsp3) is 0.556. The second kappa shape index (κ2) is 19.7. The van der Waals surface area contributed by atoms with Crippen molar-refractivity contribution in [3.05, 3.63) is 0 Å². The molecule has 23 heavy (non-hydrogen) atoms. The van der Waals surface area contributed by atoms with Gasteiger partial charge in [0.2, 0.25) is 0 Å². The summed E-state index contributed by atoms with van der Waals surface area (Å²) in [5, 5.41) is 49.6. The van der Waals surface area contributed by atoms with E-state index in [9.17, 15) is 19.2 Å². The van der Waals surface area contributed by atoms with E-state index in [1.54, 1.807) is 0 Å². The van der Waals surface area contributed by atoms with Crippen LogP contribution in [-0.2, 0) is 19.2 Å². The first-order valence-electron chi connectivity index (χ1n) is 4.72. The fourth-order valence-corrected chi connectivity index (χ4v) is 0.714. The van der Waals surface area contributed by atoms with Crippen molar-refractivity contribution < 1.29 is 115 Å². The van der Waals surface area contributed by atoms with Gasteiger partial charge in [-0.05, 0) is 6.92 Å². The maximum Gasteiger partial charge on any atom is 2.00 e. The molecule has 0 aromatic carbocycles. The third-order valence-corrected chi connectivity index (χ3v) is 1.64. The van der Waals surface area contributed by atoms with E-state index < -0.39 is 48.4 Å². The third kappa shape index (κ3) is 23.3. The van der Waals surface area contributed by atoms with Crippen molar-refractivity contribution in [1.82, 2.24) is 0 Å². The molecule has 14 heteroatoms. The molecule has 0 aliphatic rings. The summed E-state index contributed by atoms with van der Waals surface area (Å²) < 4.78 is 0. The summed E-state index contributed by atoms with van der Waals surface area (Å²) >= 11 is 0. The molecule has 10 nitrogen and oxygen atoms in total. The Bertz CT molecular complexity index is 380. The summed E-state index contributed by atoms with van der Waals surface area (Å²) in [5.74, 6) is -6.20. The van der Waals surface area contributed by atoms with Crippen LogP contribution in [0.3, 0.4) is 0 Å². The van der Waals surface area contributed by atoms with Gasteiger partial charge in [0.05, 0.1) is 12.8 Å². The monoisotopic (exact) mass is 408 g/mol. The second-order valence-electron chi connectivity index (χ2n) is 3.49. The molecule has 0 heterocycles. The minimum Gasteiger partial charge on any atom is -1.00 e. The molecule has 1 atom stereocenters. The summed E-state index contributed by atoms with van der Waals surface area (Å²) in [5.41, 5.74) is -2.74. The molecule has 0 aromatic rings. The molecular weight excluding hydrogens is 390 g/mol. The molecule has 6 N–H and O–H groups in total. The first kappa shape index (κ1) is 39.4. The van der Waals surface area contributed by atoms with Crippen LogP contribution in [-0.4, -0.2) is 104 Å². The number of aliphatic hydroxyl groups is 2. The molecular formula is C9H19CaClNa2O10. The van der Waals surface area contributed by atoms with Gasteiger partial charge in [0.1, 0.15) is 6.10 Å². The Morgan fingerprint density at radius 3 is 1.26 bits per heavy atom. The fourth-order valence-electron chi connectivity index (χ4n) is 0.714. The van der Waals surface area contributed by atoms with E-state index in [4.69, 9.17) is 30.6 Å². The van der Waals surface area contributed by atoms with Crippen LogP contribution in [0.15, 0.2) is 0 Å². The summed E-state index contributed by atoms with van der Waals surface area (Å²) in [6, 6.07) is 0. The van der Waals surface area contributed by atoms with Gasteiger partial charge in [0.15, 0.2) is 5.60 Å². The number of hydrogen-bond donors (Lipinski definition) is 6. The first-order chi connectivity index (χ1) is 8.42. The zero-order valence-corrected chi connectivity index (χ0v) is 19.9. The van der Waals surface area contributed by atoms with Crippen molar-refractivity contribution in [3.8, 4) is 0 Å². The minimum absolute atomic E-state index is 0. The van der Waals surface area contributed by atoms with Gasteiger partial charge in [-0.3, -0.25) is 9.59 Å². The average Bonchev–Trinajstić information content (AvgIpc) is 2.14. The first-order valence-corrected chi connectivity index (χ1v) is 4.72. The summed E-state index contributed by atoms with van der Waals surface area (Å²) in [7, 11) is 0. The van der Waals surface area contributed by atoms with Crippen LogP contribution in [0.2, 0.25) is 0 Å². The molecule has 1 unspecified atom stereocenters. The number of aliphatic carboxylic acids is 4. The van der Waals surface area contributed by atoms with Crippen molar-refractivity contribution >= 4 is 74.0 Å². The Morgan fingerprint density at radius 2 is 1.17 bits per heavy atom. The zero-order valence-electron chi connectivity index (χ0n) is 16.9. The molecule has 0 rings (SSSR count). The van der Waals surface area contributed by atoms with Crippen molar-refractivity contribution in [3.63, 3.8) is 0 Å². The van der Waals surface area contributed by atoms with Crippen LogP contribution in [0.25, 0.3) is 0 Å². The van der Waals surface area contributed by atoms with Crippen LogP contribution in [0.1, 0.15) is 25.5 Å². The van der Waals surface area contributed by atoms with Gasteiger partial charge in [-0.15, -0.1) is 12.4 Å². The largest absolute Gasteiger partial charge is 2.00 e. The summed E-state index contributed by atoms with van der Waals surface area (Å²) in [4.78, 5) is 39.9. The molecule has 0 amide bonds. The van der Waals surface area contributed by atoms with Crippen molar-refractivity contribution in [2.45, 2.75) is 31.5 Å². The van der Waals surface area contributed by atoms with Gasteiger partial charge in [0.25, 0.3) is 0 Å². The maximum absolute atomic E-state index is 10.3. The molecule has 0 aliphatic heterocycles. The van der Waals surface area contributed by atoms with E-state index in [1.807, 2.05) is 0 Å².